The number of nitrogens with two attached hydrogens (primary N) is 1. The molecule has 9 nitrogen and oxygen atoms in total. The highest BCUT2D eigenvalue weighted by Gasteiger charge is 2.39. The predicted octanol–water partition coefficient (Wildman–Crippen LogP) is 4.20. The summed E-state index contributed by atoms with van der Waals surface area (Å²) in [6.07, 6.45) is 0. The molecule has 0 saturated heterocycles. The van der Waals surface area contributed by atoms with E-state index in [-0.39, 0.29) is 17.2 Å². The van der Waals surface area contributed by atoms with E-state index in [9.17, 15) is 19.5 Å². The first kappa shape index (κ1) is 20.9. The van der Waals surface area contributed by atoms with Crippen molar-refractivity contribution >= 4 is 35.4 Å². The van der Waals surface area contributed by atoms with Crippen molar-refractivity contribution in [2.24, 2.45) is 5.73 Å². The summed E-state index contributed by atoms with van der Waals surface area (Å²) < 4.78 is 29.2. The van der Waals surface area contributed by atoms with Gasteiger partial charge in [-0.3, -0.25) is 10.1 Å². The normalized spacial score (nSPS) is 13.3. The number of carbonyl (C=O) groups is 1. The highest BCUT2D eigenvalue weighted by atomic mass is 79.9. The van der Waals surface area contributed by atoms with Crippen LogP contribution in [0.3, 0.4) is 0 Å². The zero-order valence-corrected chi connectivity index (χ0v) is 16.8. The summed E-state index contributed by atoms with van der Waals surface area (Å²) in [5.74, 6) is -0.945. The standard InChI is InChI=1S/C16H16BrN2O7P/c1-16(2,18)15(20)26-27(23,24-13-7-3-11(17)4-8-13)25-14-9-5-12(6-10-14)19(21)22/h3-10H,18H2,1-2H3. The Morgan fingerprint density at radius 3 is 1.93 bits per heavy atom. The average Bonchev–Trinajstić information content (AvgIpc) is 2.56. The molecule has 0 aromatic heterocycles. The Hall–Kier alpha value is -2.42. The lowest BCUT2D eigenvalue weighted by Crippen LogP contribution is -2.42. The molecule has 11 heteroatoms. The Morgan fingerprint density at radius 2 is 1.52 bits per heavy atom. The summed E-state index contributed by atoms with van der Waals surface area (Å²) in [7, 11) is -4.48. The van der Waals surface area contributed by atoms with Gasteiger partial charge in [0.1, 0.15) is 17.0 Å². The van der Waals surface area contributed by atoms with E-state index in [0.29, 0.717) is 0 Å². The minimum atomic E-state index is -4.48. The van der Waals surface area contributed by atoms with Crippen LogP contribution in [0.2, 0.25) is 0 Å². The molecule has 27 heavy (non-hydrogen) atoms. The molecule has 0 aliphatic rings. The van der Waals surface area contributed by atoms with Gasteiger partial charge in [0.05, 0.1) is 4.92 Å². The Morgan fingerprint density at radius 1 is 1.07 bits per heavy atom. The van der Waals surface area contributed by atoms with Crippen LogP contribution in [0.4, 0.5) is 5.69 Å². The van der Waals surface area contributed by atoms with E-state index in [1.807, 2.05) is 0 Å². The molecule has 0 spiro atoms. The van der Waals surface area contributed by atoms with Crippen LogP contribution < -0.4 is 14.8 Å². The number of phosphoric ester groups is 1. The lowest BCUT2D eigenvalue weighted by atomic mass is 10.1. The third-order valence-corrected chi connectivity index (χ3v) is 4.80. The van der Waals surface area contributed by atoms with Crippen molar-refractivity contribution in [3.8, 4) is 11.5 Å². The molecule has 1 atom stereocenters. The number of phosphoric acid groups is 1. The maximum absolute atomic E-state index is 13.0. The largest absolute Gasteiger partial charge is 0.649 e. The SMILES string of the molecule is CC(C)(N)C(=O)OP(=O)(Oc1ccc(Br)cc1)Oc1ccc([N+](=O)[O-])cc1. The fraction of sp³-hybridized carbons (Fsp3) is 0.188. The van der Waals surface area contributed by atoms with Crippen molar-refractivity contribution in [2.45, 2.75) is 19.4 Å². The number of nitro benzene ring substituents is 1. The van der Waals surface area contributed by atoms with Gasteiger partial charge in [-0.05, 0) is 50.2 Å². The van der Waals surface area contributed by atoms with E-state index < -0.39 is 24.3 Å². The minimum absolute atomic E-state index is 0.0522. The number of hydrogen-bond acceptors (Lipinski definition) is 8. The van der Waals surface area contributed by atoms with E-state index in [1.54, 1.807) is 12.1 Å². The van der Waals surface area contributed by atoms with E-state index in [1.165, 1.54) is 38.1 Å². The van der Waals surface area contributed by atoms with Gasteiger partial charge in [0, 0.05) is 16.6 Å². The van der Waals surface area contributed by atoms with Gasteiger partial charge in [-0.1, -0.05) is 15.9 Å². The fourth-order valence-electron chi connectivity index (χ4n) is 1.66. The van der Waals surface area contributed by atoms with Gasteiger partial charge in [-0.2, -0.15) is 4.57 Å². The van der Waals surface area contributed by atoms with Gasteiger partial charge in [0.25, 0.3) is 5.69 Å². The first-order valence-electron chi connectivity index (χ1n) is 7.51. The first-order valence-corrected chi connectivity index (χ1v) is 9.76. The van der Waals surface area contributed by atoms with Crippen molar-refractivity contribution < 1.29 is 27.9 Å². The molecule has 0 fully saturated rings. The highest BCUT2D eigenvalue weighted by molar-refractivity contribution is 9.10. The second-order valence-corrected chi connectivity index (χ2v) is 8.29. The summed E-state index contributed by atoms with van der Waals surface area (Å²) in [4.78, 5) is 22.2. The van der Waals surface area contributed by atoms with Crippen molar-refractivity contribution in [3.05, 3.63) is 63.1 Å². The van der Waals surface area contributed by atoms with Gasteiger partial charge in [0.2, 0.25) is 0 Å². The summed E-state index contributed by atoms with van der Waals surface area (Å²) in [5, 5.41) is 10.7. The molecule has 144 valence electrons. The van der Waals surface area contributed by atoms with Crippen molar-refractivity contribution in [2.75, 3.05) is 0 Å². The molecule has 0 aliphatic heterocycles. The molecule has 2 aromatic rings. The molecule has 0 heterocycles. The number of carbonyl (C=O) groups excluding carboxylic acids is 1. The Labute approximate surface area is 163 Å². The van der Waals surface area contributed by atoms with Crippen LogP contribution >= 0.6 is 23.8 Å². The lowest BCUT2D eigenvalue weighted by Gasteiger charge is -2.22. The van der Waals surface area contributed by atoms with Crippen LogP contribution in [0.15, 0.2) is 53.0 Å². The minimum Gasteiger partial charge on any atom is -0.386 e. The Balaban J connectivity index is 2.30. The Bertz CT molecular complexity index is 879. The zero-order valence-electron chi connectivity index (χ0n) is 14.3. The average molecular weight is 459 g/mol. The smallest absolute Gasteiger partial charge is 0.386 e. The van der Waals surface area contributed by atoms with Gasteiger partial charge >= 0.3 is 13.8 Å². The molecule has 1 unspecified atom stereocenters. The monoisotopic (exact) mass is 458 g/mol. The van der Waals surface area contributed by atoms with Crippen molar-refractivity contribution in [3.63, 3.8) is 0 Å². The highest BCUT2D eigenvalue weighted by Crippen LogP contribution is 2.50. The molecule has 2 N–H and O–H groups in total. The number of non-ortho nitro benzene ring substituents is 1. The maximum atomic E-state index is 13.0. The number of nitro groups is 1. The number of nitrogens with zero attached hydrogens (tertiary/aromatic N) is 1. The summed E-state index contributed by atoms with van der Waals surface area (Å²) >= 11 is 3.25. The topological polar surface area (TPSA) is 131 Å². The second-order valence-electron chi connectivity index (χ2n) is 5.94. The Kier molecular flexibility index (Phi) is 6.25. The van der Waals surface area contributed by atoms with Gasteiger partial charge in [-0.15, -0.1) is 0 Å². The fourth-order valence-corrected chi connectivity index (χ4v) is 3.23. The molecular weight excluding hydrogens is 443 g/mol. The quantitative estimate of drug-likeness (QED) is 0.370. The summed E-state index contributed by atoms with van der Waals surface area (Å²) in [6.45, 7) is 2.73. The van der Waals surface area contributed by atoms with Crippen LogP contribution in [0, 0.1) is 10.1 Å². The molecule has 0 radical (unpaired) electrons. The van der Waals surface area contributed by atoms with Crippen molar-refractivity contribution in [1.29, 1.82) is 0 Å². The maximum Gasteiger partial charge on any atom is 0.649 e. The zero-order chi connectivity index (χ0) is 20.2. The number of benzene rings is 2. The molecule has 0 bridgehead atoms. The van der Waals surface area contributed by atoms with Gasteiger partial charge in [0.15, 0.2) is 0 Å². The third kappa shape index (κ3) is 6.06. The van der Waals surface area contributed by atoms with Crippen LogP contribution in [0.5, 0.6) is 11.5 Å². The summed E-state index contributed by atoms with van der Waals surface area (Å²) in [5.41, 5.74) is 4.02. The van der Waals surface area contributed by atoms with E-state index in [2.05, 4.69) is 15.9 Å². The number of hydrogen-bond donors (Lipinski definition) is 1. The first-order chi connectivity index (χ1) is 12.5. The van der Waals surface area contributed by atoms with Crippen LogP contribution in [-0.4, -0.2) is 16.4 Å². The number of rotatable bonds is 7. The molecule has 2 rings (SSSR count). The van der Waals surface area contributed by atoms with E-state index >= 15 is 0 Å². The second kappa shape index (κ2) is 8.08. The molecule has 0 aliphatic carbocycles. The number of halogens is 1. The van der Waals surface area contributed by atoms with Crippen LogP contribution in [0.1, 0.15) is 13.8 Å². The van der Waals surface area contributed by atoms with Crippen LogP contribution in [-0.2, 0) is 13.9 Å². The van der Waals surface area contributed by atoms with E-state index in [0.717, 1.165) is 16.6 Å². The lowest BCUT2D eigenvalue weighted by molar-refractivity contribution is -0.384. The van der Waals surface area contributed by atoms with Crippen LogP contribution in [0.25, 0.3) is 0 Å². The third-order valence-electron chi connectivity index (χ3n) is 3.02. The molecular formula is C16H16BrN2O7P. The van der Waals surface area contributed by atoms with Crippen molar-refractivity contribution in [1.82, 2.24) is 0 Å². The van der Waals surface area contributed by atoms with E-state index in [4.69, 9.17) is 19.3 Å². The van der Waals surface area contributed by atoms with Gasteiger partial charge in [-0.25, -0.2) is 4.79 Å². The predicted molar refractivity (Wildman–Crippen MR) is 100 cm³/mol. The molecule has 0 saturated carbocycles. The molecule has 0 amide bonds. The van der Waals surface area contributed by atoms with Gasteiger partial charge < -0.3 is 19.3 Å². The molecule has 2 aromatic carbocycles. The summed E-state index contributed by atoms with van der Waals surface area (Å²) in [6, 6.07) is 10.9.